The molecule has 0 heterocycles. The predicted octanol–water partition coefficient (Wildman–Crippen LogP) is 21.6. The molecule has 0 amide bonds. The second kappa shape index (κ2) is 14.7. The van der Waals surface area contributed by atoms with Crippen LogP contribution in [0.4, 0.5) is 0 Å². The fraction of sp³-hybridized carbons (Fsp3) is 0.213. The third kappa shape index (κ3) is 5.97. The molecule has 0 unspecified atom stereocenters. The van der Waals surface area contributed by atoms with E-state index in [0.717, 1.165) is 10.9 Å². The molecule has 1 nitrogen and oxygen atoms in total. The molecule has 15 rings (SSSR count). The number of hydrogen-bond donors (Lipinski definition) is 0. The first kappa shape index (κ1) is 45.4. The molecule has 0 N–H and O–H groups in total. The molecule has 76 heavy (non-hydrogen) atoms. The lowest BCUT2D eigenvalue weighted by Gasteiger charge is -2.28. The maximum atomic E-state index is 10.4. The van der Waals surface area contributed by atoms with Crippen LogP contribution >= 0.6 is 0 Å². The molecule has 0 atom stereocenters. The second-order valence-corrected chi connectivity index (χ2v) is 26.7. The number of hydrogen-bond acceptors (Lipinski definition) is 1. The Morgan fingerprint density at radius 2 is 0.618 bits per heavy atom. The van der Waals surface area contributed by atoms with Crippen molar-refractivity contribution in [2.24, 2.45) is 0 Å². The lowest BCUT2D eigenvalue weighted by atomic mass is 9.76. The van der Waals surface area contributed by atoms with Gasteiger partial charge in [-0.2, -0.15) is 5.26 Å². The zero-order valence-corrected chi connectivity index (χ0v) is 45.9. The van der Waals surface area contributed by atoms with Gasteiger partial charge >= 0.3 is 0 Å². The molecule has 14 aromatic rings. The lowest BCUT2D eigenvalue weighted by Crippen LogP contribution is -2.16. The lowest BCUT2D eigenvalue weighted by molar-refractivity contribution is 0.568. The van der Waals surface area contributed by atoms with Gasteiger partial charge in [0.2, 0.25) is 0 Å². The fourth-order valence-electron chi connectivity index (χ4n) is 14.1. The quantitative estimate of drug-likeness (QED) is 0.125. The maximum Gasteiger partial charge on any atom is 0.0998 e. The highest BCUT2D eigenvalue weighted by atomic mass is 14.4. The van der Waals surface area contributed by atoms with Crippen LogP contribution < -0.4 is 0 Å². The first-order valence-corrected chi connectivity index (χ1v) is 27.5. The molecule has 14 aromatic carbocycles. The first-order chi connectivity index (χ1) is 36.2. The molecule has 0 fully saturated rings. The van der Waals surface area contributed by atoms with Crippen LogP contribution in [0, 0.1) is 11.3 Å². The molecule has 0 bridgehead atoms. The summed E-state index contributed by atoms with van der Waals surface area (Å²) in [5.41, 5.74) is 16.1. The minimum Gasteiger partial charge on any atom is -0.192 e. The molecular formula is C75H61N. The molecule has 1 aliphatic rings. The van der Waals surface area contributed by atoms with Crippen molar-refractivity contribution in [1.82, 2.24) is 0 Å². The summed E-state index contributed by atoms with van der Waals surface area (Å²) in [6.45, 7) is 28.4. The molecule has 0 saturated heterocycles. The van der Waals surface area contributed by atoms with E-state index in [0.29, 0.717) is 0 Å². The summed E-state index contributed by atoms with van der Waals surface area (Å²) >= 11 is 0. The van der Waals surface area contributed by atoms with Gasteiger partial charge in [0.25, 0.3) is 0 Å². The van der Waals surface area contributed by atoms with Gasteiger partial charge in [0.15, 0.2) is 0 Å². The first-order valence-electron chi connectivity index (χ1n) is 27.5. The Balaban J connectivity index is 1.21. The van der Waals surface area contributed by atoms with Crippen molar-refractivity contribution in [3.63, 3.8) is 0 Å². The van der Waals surface area contributed by atoms with Crippen LogP contribution in [0.15, 0.2) is 152 Å². The maximum absolute atomic E-state index is 10.4. The summed E-state index contributed by atoms with van der Waals surface area (Å²) in [6, 6.07) is 62.0. The minimum atomic E-state index is -0.0938. The Labute approximate surface area is 445 Å². The van der Waals surface area contributed by atoms with E-state index in [1.807, 2.05) is 6.07 Å². The summed E-state index contributed by atoms with van der Waals surface area (Å²) in [5, 5.41) is 36.0. The van der Waals surface area contributed by atoms with Crippen molar-refractivity contribution in [2.75, 3.05) is 0 Å². The summed E-state index contributed by atoms with van der Waals surface area (Å²) in [6.07, 6.45) is 0. The van der Waals surface area contributed by atoms with Crippen molar-refractivity contribution >= 4 is 108 Å². The van der Waals surface area contributed by atoms with Crippen LogP contribution in [-0.2, 0) is 21.7 Å². The Bertz CT molecular complexity index is 4620. The van der Waals surface area contributed by atoms with Gasteiger partial charge < -0.3 is 0 Å². The third-order valence-corrected chi connectivity index (χ3v) is 18.0. The minimum absolute atomic E-state index is 0.0938. The molecule has 0 aromatic heterocycles. The Morgan fingerprint density at radius 1 is 0.263 bits per heavy atom. The average Bonchev–Trinajstić information content (AvgIpc) is 3.91. The fourth-order valence-corrected chi connectivity index (χ4v) is 14.1. The van der Waals surface area contributed by atoms with E-state index >= 15 is 0 Å². The largest absolute Gasteiger partial charge is 0.192 e. The monoisotopic (exact) mass is 975 g/mol. The van der Waals surface area contributed by atoms with E-state index in [1.54, 1.807) is 0 Å². The van der Waals surface area contributed by atoms with E-state index < -0.39 is 0 Å². The third-order valence-electron chi connectivity index (χ3n) is 18.0. The summed E-state index contributed by atoms with van der Waals surface area (Å²) < 4.78 is 0. The summed E-state index contributed by atoms with van der Waals surface area (Å²) in [5.74, 6) is 0. The van der Waals surface area contributed by atoms with Crippen molar-refractivity contribution in [1.29, 1.82) is 5.26 Å². The van der Waals surface area contributed by atoms with Gasteiger partial charge in [-0.3, -0.25) is 0 Å². The normalized spacial score (nSPS) is 13.5. The highest BCUT2D eigenvalue weighted by molar-refractivity contribution is 6.47. The molecular weight excluding hydrogens is 915 g/mol. The van der Waals surface area contributed by atoms with Gasteiger partial charge in [0.05, 0.1) is 11.6 Å². The predicted molar refractivity (Wildman–Crippen MR) is 330 cm³/mol. The number of benzene rings is 12. The highest BCUT2D eigenvalue weighted by Crippen LogP contribution is 2.58. The van der Waals surface area contributed by atoms with Crippen LogP contribution in [0.5, 0.6) is 0 Å². The number of nitriles is 1. The van der Waals surface area contributed by atoms with E-state index in [-0.39, 0.29) is 21.7 Å². The van der Waals surface area contributed by atoms with Crippen molar-refractivity contribution in [3.05, 3.63) is 179 Å². The number of fused-ring (bicyclic) bond motifs is 12. The molecule has 0 aliphatic heterocycles. The summed E-state index contributed by atoms with van der Waals surface area (Å²) in [7, 11) is 0. The topological polar surface area (TPSA) is 23.8 Å². The number of rotatable bonds is 2. The zero-order valence-electron chi connectivity index (χ0n) is 45.9. The van der Waals surface area contributed by atoms with Gasteiger partial charge in [0.1, 0.15) is 0 Å². The van der Waals surface area contributed by atoms with Crippen LogP contribution in [0.3, 0.4) is 0 Å². The molecule has 0 saturated carbocycles. The van der Waals surface area contributed by atoms with Gasteiger partial charge in [-0.05, 0) is 209 Å². The van der Waals surface area contributed by atoms with Crippen molar-refractivity contribution in [2.45, 2.75) is 105 Å². The standard InChI is InChI=1S/C75H61N/c1-72(2,3)42-30-40(31-43(34-42)73(4,5)6)63-61-36-59-49-19-15-18-46-39(38-76)20-21-56(65(46)49)60(59)37-62(61)64(41-32-44(74(7,8)9)35-45(33-41)75(10,11)12)71-58-29-27-55-53-25-23-51-48-17-14-13-16-47(48)50-22-24-52(67(53)66(50)51)54-26-28-57(70(63)71)69(58)68(54)55/h13-37H,1-12H3. The Hall–Kier alpha value is -8.05. The summed E-state index contributed by atoms with van der Waals surface area (Å²) in [4.78, 5) is 0. The van der Waals surface area contributed by atoms with Crippen molar-refractivity contribution in [3.8, 4) is 50.6 Å². The second-order valence-electron chi connectivity index (χ2n) is 26.7. The van der Waals surface area contributed by atoms with E-state index in [9.17, 15) is 5.26 Å². The van der Waals surface area contributed by atoms with Crippen LogP contribution in [0.1, 0.15) is 111 Å². The van der Waals surface area contributed by atoms with Crippen LogP contribution in [0.25, 0.3) is 152 Å². The van der Waals surface area contributed by atoms with Gasteiger partial charge in [-0.25, -0.2) is 0 Å². The molecule has 366 valence electrons. The average molecular weight is 976 g/mol. The Morgan fingerprint density at radius 3 is 1.05 bits per heavy atom. The highest BCUT2D eigenvalue weighted by Gasteiger charge is 2.32. The Kier molecular flexibility index (Phi) is 8.75. The molecule has 1 heteroatoms. The van der Waals surface area contributed by atoms with Gasteiger partial charge in [-0.1, -0.05) is 217 Å². The molecule has 1 aliphatic carbocycles. The SMILES string of the molecule is CC(C)(C)c1cc(-c2c3cc4c(cc3c(-c3cc(C(C)(C)C)cc(C(C)(C)C)c3)c3c5ccc6c7ccc8c9c(ccc(c%10ccc(c23)c5c%106)c97)-c2ccccc2-8)c2ccc(C#N)c3cccc4c32)cc(C(C)(C)C)c1. The van der Waals surface area contributed by atoms with Crippen LogP contribution in [-0.4, -0.2) is 0 Å². The molecule has 0 spiro atoms. The van der Waals surface area contributed by atoms with E-state index in [4.69, 9.17) is 0 Å². The molecule has 0 radical (unpaired) electrons. The number of nitrogens with zero attached hydrogens (tertiary/aromatic N) is 1. The smallest absolute Gasteiger partial charge is 0.0998 e. The van der Waals surface area contributed by atoms with Crippen LogP contribution in [0.2, 0.25) is 0 Å². The van der Waals surface area contributed by atoms with Gasteiger partial charge in [0, 0.05) is 5.39 Å². The van der Waals surface area contributed by atoms with E-state index in [2.05, 4.69) is 235 Å². The zero-order chi connectivity index (χ0) is 52.4. The van der Waals surface area contributed by atoms with E-state index in [1.165, 1.54) is 169 Å². The van der Waals surface area contributed by atoms with Crippen molar-refractivity contribution < 1.29 is 0 Å². The van der Waals surface area contributed by atoms with Gasteiger partial charge in [-0.15, -0.1) is 0 Å².